The molecule has 1 aliphatic rings. The van der Waals surface area contributed by atoms with Crippen molar-refractivity contribution in [3.05, 3.63) is 34.4 Å². The van der Waals surface area contributed by atoms with Crippen LogP contribution in [0.15, 0.2) is 34.4 Å². The van der Waals surface area contributed by atoms with Crippen molar-refractivity contribution >= 4 is 0 Å². The maximum atomic E-state index is 5.42. The van der Waals surface area contributed by atoms with E-state index in [9.17, 15) is 0 Å². The van der Waals surface area contributed by atoms with E-state index in [4.69, 9.17) is 9.47 Å². The van der Waals surface area contributed by atoms with Crippen molar-refractivity contribution in [2.45, 2.75) is 67.2 Å². The zero-order valence-electron chi connectivity index (χ0n) is 17.2. The summed E-state index contributed by atoms with van der Waals surface area (Å²) >= 11 is 0. The summed E-state index contributed by atoms with van der Waals surface area (Å²) in [6.45, 7) is 15.3. The molecule has 0 atom stereocenters. The van der Waals surface area contributed by atoms with Gasteiger partial charge in [0, 0.05) is 14.2 Å². The van der Waals surface area contributed by atoms with Crippen LogP contribution in [0.2, 0.25) is 0 Å². The molecule has 1 aliphatic carbocycles. The Hall–Kier alpha value is -0.860. The molecule has 0 aliphatic heterocycles. The topological polar surface area (TPSA) is 18.5 Å². The molecule has 2 heteroatoms. The Morgan fingerprint density at radius 3 is 2.17 bits per heavy atom. The zero-order valence-corrected chi connectivity index (χ0v) is 17.2. The quantitative estimate of drug-likeness (QED) is 0.500. The molecule has 1 rings (SSSR count). The van der Waals surface area contributed by atoms with E-state index in [1.165, 1.54) is 23.1 Å². The lowest BCUT2D eigenvalue weighted by molar-refractivity contribution is 0.206. The molecule has 0 aromatic rings. The van der Waals surface area contributed by atoms with Gasteiger partial charge in [0.05, 0.1) is 13.2 Å². The van der Waals surface area contributed by atoms with Crippen molar-refractivity contribution in [3.8, 4) is 0 Å². The molecule has 0 fully saturated rings. The molecule has 0 bridgehead atoms. The van der Waals surface area contributed by atoms with Gasteiger partial charge in [-0.1, -0.05) is 57.9 Å². The lowest BCUT2D eigenvalue weighted by Crippen LogP contribution is -2.20. The molecule has 2 nitrogen and oxygen atoms in total. The summed E-state index contributed by atoms with van der Waals surface area (Å²) in [4.78, 5) is 0. The summed E-state index contributed by atoms with van der Waals surface area (Å²) < 4.78 is 10.8. The summed E-state index contributed by atoms with van der Waals surface area (Å²) in [5.74, 6) is 0. The summed E-state index contributed by atoms with van der Waals surface area (Å²) in [6.07, 6.45) is 9.21. The molecule has 0 amide bonds. The van der Waals surface area contributed by atoms with Crippen LogP contribution in [0.1, 0.15) is 67.2 Å². The molecule has 0 spiro atoms. The Morgan fingerprint density at radius 2 is 1.62 bits per heavy atom. The smallest absolute Gasteiger partial charge is 0.0679 e. The van der Waals surface area contributed by atoms with Crippen LogP contribution >= 0.6 is 0 Å². The highest BCUT2D eigenvalue weighted by Gasteiger charge is 2.26. The second kappa shape index (κ2) is 9.01. The summed E-state index contributed by atoms with van der Waals surface area (Å²) in [7, 11) is 3.55. The predicted octanol–water partition coefficient (Wildman–Crippen LogP) is 6.09. The second-order valence-corrected chi connectivity index (χ2v) is 8.74. The highest BCUT2D eigenvalue weighted by atomic mass is 16.5. The zero-order chi connectivity index (χ0) is 18.4. The van der Waals surface area contributed by atoms with E-state index in [-0.39, 0.29) is 10.8 Å². The third-order valence-corrected chi connectivity index (χ3v) is 5.41. The van der Waals surface area contributed by atoms with E-state index in [0.29, 0.717) is 0 Å². The minimum atomic E-state index is 0.228. The van der Waals surface area contributed by atoms with E-state index >= 15 is 0 Å². The average Bonchev–Trinajstić information content (AvgIpc) is 2.48. The number of ether oxygens (including phenoxy) is 2. The van der Waals surface area contributed by atoms with E-state index in [1.807, 2.05) is 0 Å². The van der Waals surface area contributed by atoms with E-state index < -0.39 is 0 Å². The molecule has 138 valence electrons. The molecule has 0 saturated carbocycles. The van der Waals surface area contributed by atoms with Crippen molar-refractivity contribution in [2.24, 2.45) is 10.8 Å². The first-order chi connectivity index (χ1) is 11.1. The minimum absolute atomic E-state index is 0.228. The van der Waals surface area contributed by atoms with Crippen molar-refractivity contribution in [1.29, 1.82) is 0 Å². The number of allylic oxidation sites excluding steroid dienone is 4. The number of methoxy groups -OCH3 is 2. The summed E-state index contributed by atoms with van der Waals surface area (Å²) in [6, 6.07) is 0. The fourth-order valence-electron chi connectivity index (χ4n) is 3.11. The largest absolute Gasteiger partial charge is 0.380 e. The Morgan fingerprint density at radius 1 is 1.04 bits per heavy atom. The van der Waals surface area contributed by atoms with Crippen LogP contribution in [0.5, 0.6) is 0 Å². The minimum Gasteiger partial charge on any atom is -0.380 e. The van der Waals surface area contributed by atoms with E-state index in [2.05, 4.69) is 53.7 Å². The van der Waals surface area contributed by atoms with Gasteiger partial charge < -0.3 is 9.47 Å². The molecule has 0 heterocycles. The highest BCUT2D eigenvalue weighted by Crippen LogP contribution is 2.40. The molecular weight excluding hydrogens is 296 g/mol. The number of rotatable bonds is 8. The van der Waals surface area contributed by atoms with Crippen LogP contribution in [-0.2, 0) is 9.47 Å². The van der Waals surface area contributed by atoms with E-state index in [1.54, 1.807) is 19.8 Å². The standard InChI is InChI=1S/C22H38O2/c1-17(21(2,3)4)10-9-13-22(5,6)20-12-11-18(15-23-7)19(14-20)16-24-8/h10,12H,9,11,13-16H2,1-8H3/b17-10+. The van der Waals surface area contributed by atoms with Crippen molar-refractivity contribution in [1.82, 2.24) is 0 Å². The van der Waals surface area contributed by atoms with Crippen molar-refractivity contribution in [2.75, 3.05) is 27.4 Å². The van der Waals surface area contributed by atoms with Gasteiger partial charge in [0.2, 0.25) is 0 Å². The Bertz CT molecular complexity index is 499. The van der Waals surface area contributed by atoms with Gasteiger partial charge in [0.1, 0.15) is 0 Å². The van der Waals surface area contributed by atoms with Gasteiger partial charge in [-0.2, -0.15) is 0 Å². The first kappa shape index (κ1) is 21.2. The Kier molecular flexibility index (Phi) is 7.95. The molecule has 0 saturated heterocycles. The Labute approximate surface area is 150 Å². The maximum Gasteiger partial charge on any atom is 0.0679 e. The molecule has 0 aromatic heterocycles. The normalized spacial score (nSPS) is 17.3. The third kappa shape index (κ3) is 6.22. The Balaban J connectivity index is 2.74. The summed E-state index contributed by atoms with van der Waals surface area (Å²) in [5.41, 5.74) is 6.34. The molecule has 0 aromatic carbocycles. The fourth-order valence-corrected chi connectivity index (χ4v) is 3.11. The van der Waals surface area contributed by atoms with E-state index in [0.717, 1.165) is 32.5 Å². The molecule has 0 radical (unpaired) electrons. The van der Waals surface area contributed by atoms with Crippen LogP contribution in [0.3, 0.4) is 0 Å². The SMILES string of the molecule is COCC1=C(COC)CC(C(C)(C)CC/C=C(\C)C(C)(C)C)=CC1. The molecule has 0 unspecified atom stereocenters. The molecular formula is C22H38O2. The van der Waals surface area contributed by atoms with Crippen LogP contribution in [0, 0.1) is 10.8 Å². The van der Waals surface area contributed by atoms with Gasteiger partial charge in [-0.05, 0) is 54.6 Å². The second-order valence-electron chi connectivity index (χ2n) is 8.74. The summed E-state index contributed by atoms with van der Waals surface area (Å²) in [5, 5.41) is 0. The number of hydrogen-bond acceptors (Lipinski definition) is 2. The van der Waals surface area contributed by atoms with Gasteiger partial charge in [-0.25, -0.2) is 0 Å². The van der Waals surface area contributed by atoms with Crippen molar-refractivity contribution in [3.63, 3.8) is 0 Å². The lowest BCUT2D eigenvalue weighted by atomic mass is 9.74. The molecule has 0 N–H and O–H groups in total. The van der Waals surface area contributed by atoms with Crippen LogP contribution in [0.25, 0.3) is 0 Å². The van der Waals surface area contributed by atoms with Gasteiger partial charge in [-0.15, -0.1) is 0 Å². The van der Waals surface area contributed by atoms with Crippen LogP contribution < -0.4 is 0 Å². The monoisotopic (exact) mass is 334 g/mol. The van der Waals surface area contributed by atoms with Gasteiger partial charge in [-0.3, -0.25) is 0 Å². The predicted molar refractivity (Wildman–Crippen MR) is 104 cm³/mol. The fraction of sp³-hybridized carbons (Fsp3) is 0.727. The third-order valence-electron chi connectivity index (χ3n) is 5.41. The van der Waals surface area contributed by atoms with Gasteiger partial charge >= 0.3 is 0 Å². The average molecular weight is 335 g/mol. The van der Waals surface area contributed by atoms with Crippen LogP contribution in [0.4, 0.5) is 0 Å². The van der Waals surface area contributed by atoms with Crippen molar-refractivity contribution < 1.29 is 9.47 Å². The van der Waals surface area contributed by atoms with Gasteiger partial charge in [0.15, 0.2) is 0 Å². The first-order valence-electron chi connectivity index (χ1n) is 9.16. The lowest BCUT2D eigenvalue weighted by Gasteiger charge is -2.32. The van der Waals surface area contributed by atoms with Gasteiger partial charge in [0.25, 0.3) is 0 Å². The first-order valence-corrected chi connectivity index (χ1v) is 9.16. The van der Waals surface area contributed by atoms with Crippen LogP contribution in [-0.4, -0.2) is 27.4 Å². The molecule has 24 heavy (non-hydrogen) atoms. The maximum absolute atomic E-state index is 5.42. The highest BCUT2D eigenvalue weighted by molar-refractivity contribution is 5.33. The number of hydrogen-bond donors (Lipinski definition) is 0.